The molecule has 9 N–H and O–H groups in total. The number of ether oxygens (including phenoxy) is 3. The Morgan fingerprint density at radius 3 is 1.50 bits per heavy atom. The van der Waals surface area contributed by atoms with Gasteiger partial charge in [-0.3, -0.25) is 33.6 Å². The average molecular weight is 2010 g/mol. The van der Waals surface area contributed by atoms with Gasteiger partial charge < -0.3 is 79.6 Å². The summed E-state index contributed by atoms with van der Waals surface area (Å²) >= 11 is 0. The van der Waals surface area contributed by atoms with Gasteiger partial charge in [0.15, 0.2) is 5.78 Å². The number of ketones is 3. The summed E-state index contributed by atoms with van der Waals surface area (Å²) in [5, 5.41) is 39.3. The lowest BCUT2D eigenvalue weighted by Gasteiger charge is -2.23. The zero-order chi connectivity index (χ0) is 100. The lowest BCUT2D eigenvalue weighted by atomic mass is 9.90. The second-order valence-corrected chi connectivity index (χ2v) is 44.0. The molecule has 0 saturated carbocycles. The molecular formula is C95H135N9O22S8. The van der Waals surface area contributed by atoms with Crippen molar-refractivity contribution in [2.45, 2.75) is 209 Å². The smallest absolute Gasteiger partial charge is 0.407 e. The molecule has 2 aliphatic heterocycles. The summed E-state index contributed by atoms with van der Waals surface area (Å²) in [5.74, 6) is -3.44. The van der Waals surface area contributed by atoms with Crippen molar-refractivity contribution in [3.63, 3.8) is 0 Å². The number of carbonyl (C=O) groups excluding carboxylic acids is 7. The minimum Gasteiger partial charge on any atom is -0.744 e. The third-order valence-electron chi connectivity index (χ3n) is 21.1. The molecule has 6 atom stereocenters. The predicted molar refractivity (Wildman–Crippen MR) is 543 cm³/mol. The van der Waals surface area contributed by atoms with Gasteiger partial charge in [-0.2, -0.15) is 0 Å². The molecule has 8 rings (SSSR count). The molecule has 0 spiro atoms. The number of esters is 2. The van der Waals surface area contributed by atoms with Gasteiger partial charge in [-0.1, -0.05) is 123 Å². The third-order valence-corrected chi connectivity index (χ3v) is 30.3. The molecule has 0 unspecified atom stereocenters. The largest absolute Gasteiger partial charge is 0.744 e. The molecule has 0 aromatic heterocycles. The maximum atomic E-state index is 13.9. The van der Waals surface area contributed by atoms with E-state index in [4.69, 9.17) is 35.3 Å². The van der Waals surface area contributed by atoms with Crippen molar-refractivity contribution in [3.05, 3.63) is 132 Å². The molecule has 1 amide bonds. The number of aromatic carboxylic acids is 1. The van der Waals surface area contributed by atoms with E-state index < -0.39 is 84.2 Å². The summed E-state index contributed by atoms with van der Waals surface area (Å²) in [7, 11) is 10.3. The van der Waals surface area contributed by atoms with Gasteiger partial charge >= 0.3 is 30.0 Å². The number of fused-ring (bicyclic) bond motifs is 4. The second kappa shape index (κ2) is 58.8. The molecule has 740 valence electrons. The van der Waals surface area contributed by atoms with Crippen molar-refractivity contribution in [1.29, 1.82) is 0 Å². The number of aliphatic carboxylic acids is 2. The first-order chi connectivity index (χ1) is 63.3. The van der Waals surface area contributed by atoms with Crippen molar-refractivity contribution >= 4 is 172 Å². The Hall–Kier alpha value is -8.71. The van der Waals surface area contributed by atoms with Crippen LogP contribution in [0, 0.1) is 5.92 Å². The normalized spacial score (nSPS) is 12.7. The molecule has 0 bridgehead atoms. The molecule has 0 saturated heterocycles. The molecule has 0 fully saturated rings. The Morgan fingerprint density at radius 1 is 0.560 bits per heavy atom. The quantitative estimate of drug-likeness (QED) is 0.00465. The summed E-state index contributed by atoms with van der Waals surface area (Å²) in [6, 6.07) is 31.8. The van der Waals surface area contributed by atoms with Crippen LogP contribution in [-0.4, -0.2) is 231 Å². The van der Waals surface area contributed by atoms with E-state index in [2.05, 4.69) is 34.3 Å². The molecule has 4 aliphatic rings. The number of carboxylic acid groups (broad SMARTS) is 3. The summed E-state index contributed by atoms with van der Waals surface area (Å²) in [5.41, 5.74) is 17.4. The fourth-order valence-electron chi connectivity index (χ4n) is 14.0. The zero-order valence-electron chi connectivity index (χ0n) is 80.4. The first kappa shape index (κ1) is 118. The zero-order valence-corrected chi connectivity index (χ0v) is 87.0. The number of nitrogens with one attached hydrogen (secondary N) is 3. The summed E-state index contributed by atoms with van der Waals surface area (Å²) in [6.45, 7) is 25.4. The van der Waals surface area contributed by atoms with Crippen molar-refractivity contribution in [2.24, 2.45) is 17.4 Å². The maximum Gasteiger partial charge on any atom is 0.407 e. The van der Waals surface area contributed by atoms with E-state index in [1.807, 2.05) is 198 Å². The van der Waals surface area contributed by atoms with Gasteiger partial charge in [0.2, 0.25) is 20.7 Å². The number of hydrogen-bond acceptors (Lipinski definition) is 31. The number of rotatable bonds is 47. The number of benzene rings is 6. The Bertz CT molecular complexity index is 5530. The number of hydrogen-bond donors (Lipinski definition) is 7. The standard InChI is InChI=1S/C37H48N4O9S4.C24H22N2O3.C17H31NO5S2.C13H26N2O3S2.C4H8O2/c1-6-40(7-2)24-10-14-28-33(20-24)50-34-21-25(41(8-3)9-4)11-15-29(34)37(28)30-16-13-27(22-35(30)54(47,48)49)53(45,46)39-31(32(42)18-19-36(43)44)17-12-26(23-38)52-51-5;1-25(2)15-9-11-19-21(13-15)29-22-14-16(26(3)4)10-12-20(22)23(19)17-7-5-6-8-18(17)24(27)28;1-12(14(19)9-10-15(20)22-5)7-8-13(25-24-6)11-18-16(21)23-17(2,3)4;1-9(2)15-11(12(16)6-7-13(17)18)5-4-10(8-14)20-19-3;1-3-4(5)6-2/h10-11,13-16,20-22,26,31,39H,6-9,12,17-19,23,38H2,1-5H3,(H-,43,44,47,48,49);5-14H,1-4H3;12-13H,7-11H2,1-6H3,(H,18,21);9-11,15H,4-8,14H2,1-3H3,(H,17,18);3H2,1-2H3/t26-,31-;;12-,13-;10-,11-;/m0.00./s1. The Balaban J connectivity index is 0.000000395. The number of nitrogens with zero attached hydrogens (tertiary/aromatic N) is 4. The van der Waals surface area contributed by atoms with Crippen LogP contribution in [0.5, 0.6) is 0 Å². The van der Waals surface area contributed by atoms with Gasteiger partial charge in [-0.15, -0.1) is 0 Å². The second-order valence-electron chi connectivity index (χ2n) is 32.6. The van der Waals surface area contributed by atoms with Crippen LogP contribution >= 0.6 is 64.8 Å². The van der Waals surface area contributed by atoms with Crippen LogP contribution < -0.4 is 61.6 Å². The van der Waals surface area contributed by atoms with E-state index in [1.54, 1.807) is 74.4 Å². The molecule has 4 aromatic rings. The number of anilines is 2. The number of nitrogens with two attached hydrogens (primary N) is 2. The molecule has 39 heteroatoms. The lowest BCUT2D eigenvalue weighted by Crippen LogP contribution is -2.41. The molecule has 4 aromatic carbocycles. The monoisotopic (exact) mass is 2010 g/mol. The van der Waals surface area contributed by atoms with Crippen LogP contribution in [0.2, 0.25) is 0 Å². The first-order valence-electron chi connectivity index (χ1n) is 44.1. The summed E-state index contributed by atoms with van der Waals surface area (Å²) in [6.07, 6.45) is 8.73. The molecule has 2 heterocycles. The van der Waals surface area contributed by atoms with Crippen molar-refractivity contribution in [1.82, 2.24) is 24.5 Å². The molecule has 134 heavy (non-hydrogen) atoms. The predicted octanol–water partition coefficient (Wildman–Crippen LogP) is 13.9. The van der Waals surface area contributed by atoms with Crippen LogP contribution in [0.1, 0.15) is 170 Å². The van der Waals surface area contributed by atoms with Gasteiger partial charge in [0.05, 0.1) is 73.5 Å². The summed E-state index contributed by atoms with van der Waals surface area (Å²) < 4.78 is 100. The number of carboxylic acids is 3. The van der Waals surface area contributed by atoms with Crippen molar-refractivity contribution < 1.29 is 103 Å². The highest BCUT2D eigenvalue weighted by molar-refractivity contribution is 8.77. The van der Waals surface area contributed by atoms with Crippen LogP contribution in [0.3, 0.4) is 0 Å². The highest BCUT2D eigenvalue weighted by Crippen LogP contribution is 2.45. The fraction of sp³-hybridized carbons (Fsp3) is 0.505. The lowest BCUT2D eigenvalue weighted by molar-refractivity contribution is -0.255. The van der Waals surface area contributed by atoms with Gasteiger partial charge in [-0.05, 0) is 160 Å². The molecular weight excluding hydrogens is 1880 g/mol. The van der Waals surface area contributed by atoms with E-state index in [0.29, 0.717) is 88.8 Å². The first-order valence-corrected chi connectivity index (χ1v) is 54.9. The van der Waals surface area contributed by atoms with E-state index in [9.17, 15) is 69.6 Å². The highest BCUT2D eigenvalue weighted by atomic mass is 33.1. The number of alkyl carbamates (subject to hydrolysis) is 1. The number of methoxy groups -OCH3 is 2. The SMILES string of the molecule is CCC(=O)OC.CCN(CC)c1ccc2c(-c3ccc(S(=O)(=O)N[C@@H](CC[C@@H](CN)SSC)C(=O)CCC(=O)O)cc3S(=O)(=O)[O-])c3ccc(=[N+](CC)CC)cc-3oc2c1.CN(C)c1ccc2c(-c3ccccc3C(=O)[O-])c3ccc(=[N+](C)C)cc-3oc2c1.COC(=O)CCC(=O)[C@@H](C)CC[C@@H](CNC(=O)OC(C)(C)C)SSC.CSS[C@H](CN)CC[C@H](NC(C)C)C(=O)CCC(=O)O. The maximum absolute atomic E-state index is 13.9. The fourth-order valence-corrected chi connectivity index (χ4v) is 21.9. The highest BCUT2D eigenvalue weighted by Gasteiger charge is 2.32. The molecule has 31 nitrogen and oxygen atoms in total. The number of amides is 1. The van der Waals surface area contributed by atoms with Crippen molar-refractivity contribution in [3.8, 4) is 44.9 Å². The van der Waals surface area contributed by atoms with E-state index in [0.717, 1.165) is 83.7 Å². The van der Waals surface area contributed by atoms with Gasteiger partial charge in [-0.25, -0.2) is 35.5 Å². The van der Waals surface area contributed by atoms with Crippen molar-refractivity contribution in [2.75, 3.05) is 117 Å². The van der Waals surface area contributed by atoms with E-state index >= 15 is 0 Å². The average Bonchev–Trinajstić information content (AvgIpc) is 0.769. The third kappa shape index (κ3) is 38.3. The molecule has 0 radical (unpaired) electrons. The Kier molecular flexibility index (Phi) is 51.6. The van der Waals surface area contributed by atoms with E-state index in [1.165, 1.54) is 47.9 Å². The minimum absolute atomic E-state index is 0.0186. The minimum atomic E-state index is -5.30. The Morgan fingerprint density at radius 2 is 1.04 bits per heavy atom. The van der Waals surface area contributed by atoms with Crippen LogP contribution in [0.4, 0.5) is 16.2 Å². The molecule has 2 aliphatic carbocycles. The number of Topliss-reactive ketones (excluding diaryl/α,β-unsaturated/α-hetero) is 3. The van der Waals surface area contributed by atoms with Crippen LogP contribution in [0.25, 0.3) is 66.8 Å². The van der Waals surface area contributed by atoms with E-state index in [-0.39, 0.29) is 102 Å². The summed E-state index contributed by atoms with van der Waals surface area (Å²) in [4.78, 5) is 106. The Labute approximate surface area is 812 Å². The topological polar surface area (TPSA) is 463 Å². The van der Waals surface area contributed by atoms with Gasteiger partial charge in [0.25, 0.3) is 0 Å². The number of carbonyl (C=O) groups is 9. The van der Waals surface area contributed by atoms with Gasteiger partial charge in [0.1, 0.15) is 77.2 Å². The number of sulfonamides is 1. The van der Waals surface area contributed by atoms with Crippen LogP contribution in [-0.2, 0) is 67.9 Å². The van der Waals surface area contributed by atoms with Crippen LogP contribution in [0.15, 0.2) is 134 Å². The van der Waals surface area contributed by atoms with Gasteiger partial charge in [0, 0.05) is 180 Å².